The molecule has 0 atom stereocenters. The summed E-state index contributed by atoms with van der Waals surface area (Å²) in [5, 5.41) is 0. The zero-order valence-electron chi connectivity index (χ0n) is 10.6. The molecule has 1 saturated heterocycles. The smallest absolute Gasteiger partial charge is 0.263 e. The molecule has 0 aromatic carbocycles. The van der Waals surface area contributed by atoms with Gasteiger partial charge in [-0.25, -0.2) is 0 Å². The van der Waals surface area contributed by atoms with Gasteiger partial charge in [0.25, 0.3) is 5.91 Å². The lowest BCUT2D eigenvalue weighted by molar-refractivity contribution is 0.0832. The summed E-state index contributed by atoms with van der Waals surface area (Å²) in [6.07, 6.45) is 4.00. The van der Waals surface area contributed by atoms with Crippen LogP contribution in [0.2, 0.25) is 0 Å². The van der Waals surface area contributed by atoms with Gasteiger partial charge in [0, 0.05) is 25.5 Å². The van der Waals surface area contributed by atoms with Gasteiger partial charge in [-0.3, -0.25) is 9.69 Å². The Morgan fingerprint density at radius 2 is 2.00 bits per heavy atom. The molecule has 1 aliphatic heterocycles. The first-order valence-corrected chi connectivity index (χ1v) is 7.01. The zero-order valence-corrected chi connectivity index (χ0v) is 11.4. The van der Waals surface area contributed by atoms with Crippen molar-refractivity contribution in [3.63, 3.8) is 0 Å². The van der Waals surface area contributed by atoms with Crippen molar-refractivity contribution in [1.29, 1.82) is 0 Å². The predicted molar refractivity (Wildman–Crippen MR) is 71.5 cm³/mol. The van der Waals surface area contributed by atoms with Gasteiger partial charge in [-0.15, -0.1) is 11.3 Å². The summed E-state index contributed by atoms with van der Waals surface area (Å²) in [4.78, 5) is 18.0. The minimum Gasteiger partial charge on any atom is -0.344 e. The largest absolute Gasteiger partial charge is 0.344 e. The van der Waals surface area contributed by atoms with Gasteiger partial charge in [0.05, 0.1) is 4.88 Å². The van der Waals surface area contributed by atoms with Crippen LogP contribution in [0.4, 0.5) is 0 Å². The Bertz CT molecular complexity index is 381. The number of rotatable bonds is 3. The minimum absolute atomic E-state index is 0.111. The van der Waals surface area contributed by atoms with E-state index in [-0.39, 0.29) is 5.91 Å². The molecule has 94 valence electrons. The molecule has 0 saturated carbocycles. The highest BCUT2D eigenvalue weighted by molar-refractivity contribution is 7.14. The van der Waals surface area contributed by atoms with Gasteiger partial charge >= 0.3 is 0 Å². The molecule has 0 unspecified atom stereocenters. The van der Waals surface area contributed by atoms with E-state index in [4.69, 9.17) is 0 Å². The Kier molecular flexibility index (Phi) is 4.18. The second-order valence-electron chi connectivity index (χ2n) is 4.80. The Labute approximate surface area is 107 Å². The van der Waals surface area contributed by atoms with E-state index in [2.05, 4.69) is 11.0 Å². The number of hydrogen-bond donors (Lipinski definition) is 0. The topological polar surface area (TPSA) is 23.6 Å². The van der Waals surface area contributed by atoms with E-state index in [9.17, 15) is 4.79 Å². The van der Waals surface area contributed by atoms with Gasteiger partial charge in [-0.1, -0.05) is 6.42 Å². The quantitative estimate of drug-likeness (QED) is 0.825. The lowest BCUT2D eigenvalue weighted by Crippen LogP contribution is -2.28. The average molecular weight is 252 g/mol. The van der Waals surface area contributed by atoms with Crippen molar-refractivity contribution in [2.45, 2.75) is 25.8 Å². The first kappa shape index (κ1) is 12.6. The monoisotopic (exact) mass is 252 g/mol. The Morgan fingerprint density at radius 3 is 2.65 bits per heavy atom. The zero-order chi connectivity index (χ0) is 12.3. The molecule has 2 heterocycles. The Morgan fingerprint density at radius 1 is 1.29 bits per heavy atom. The summed E-state index contributed by atoms with van der Waals surface area (Å²) in [5.74, 6) is 0.111. The van der Waals surface area contributed by atoms with Gasteiger partial charge < -0.3 is 4.90 Å². The van der Waals surface area contributed by atoms with Gasteiger partial charge in [0.1, 0.15) is 0 Å². The molecular weight excluding hydrogens is 232 g/mol. The molecule has 0 aliphatic carbocycles. The molecule has 1 aromatic rings. The maximum absolute atomic E-state index is 11.8. The summed E-state index contributed by atoms with van der Waals surface area (Å²) in [6, 6.07) is 4.04. The van der Waals surface area contributed by atoms with Crippen LogP contribution in [0.5, 0.6) is 0 Å². The highest BCUT2D eigenvalue weighted by atomic mass is 32.1. The summed E-state index contributed by atoms with van der Waals surface area (Å²) in [6.45, 7) is 3.41. The maximum atomic E-state index is 11.8. The van der Waals surface area contributed by atoms with Crippen molar-refractivity contribution in [1.82, 2.24) is 9.80 Å². The summed E-state index contributed by atoms with van der Waals surface area (Å²) >= 11 is 1.63. The summed E-state index contributed by atoms with van der Waals surface area (Å²) < 4.78 is 0. The summed E-state index contributed by atoms with van der Waals surface area (Å²) in [5.41, 5.74) is 0. The van der Waals surface area contributed by atoms with Crippen molar-refractivity contribution < 1.29 is 4.79 Å². The van der Waals surface area contributed by atoms with Crippen LogP contribution < -0.4 is 0 Å². The van der Waals surface area contributed by atoms with Crippen molar-refractivity contribution in [3.8, 4) is 0 Å². The molecule has 0 spiro atoms. The maximum Gasteiger partial charge on any atom is 0.263 e. The third-order valence-corrected chi connectivity index (χ3v) is 4.16. The van der Waals surface area contributed by atoms with Crippen LogP contribution in [0.1, 0.15) is 33.8 Å². The van der Waals surface area contributed by atoms with Crippen molar-refractivity contribution in [2.24, 2.45) is 0 Å². The van der Waals surface area contributed by atoms with E-state index in [1.807, 2.05) is 6.07 Å². The number of thiophene rings is 1. The number of likely N-dealkylation sites (tertiary alicyclic amines) is 1. The van der Waals surface area contributed by atoms with Gasteiger partial charge in [0.2, 0.25) is 0 Å². The van der Waals surface area contributed by atoms with Crippen LogP contribution in [0.3, 0.4) is 0 Å². The van der Waals surface area contributed by atoms with Crippen LogP contribution in [-0.2, 0) is 6.54 Å². The number of piperidine rings is 1. The van der Waals surface area contributed by atoms with E-state index in [0.717, 1.165) is 11.4 Å². The number of hydrogen-bond acceptors (Lipinski definition) is 3. The average Bonchev–Trinajstić information content (AvgIpc) is 2.77. The number of nitrogens with zero attached hydrogens (tertiary/aromatic N) is 2. The molecule has 0 bridgehead atoms. The Balaban J connectivity index is 1.95. The van der Waals surface area contributed by atoms with Crippen LogP contribution in [-0.4, -0.2) is 42.9 Å². The van der Waals surface area contributed by atoms with E-state index < -0.39 is 0 Å². The number of carbonyl (C=O) groups excluding carboxylic acids is 1. The lowest BCUT2D eigenvalue weighted by Gasteiger charge is -2.25. The SMILES string of the molecule is CN(C)C(=O)c1ccc(CN2CCCCC2)s1. The molecule has 1 fully saturated rings. The highest BCUT2D eigenvalue weighted by Crippen LogP contribution is 2.21. The molecular formula is C13H20N2OS. The fraction of sp³-hybridized carbons (Fsp3) is 0.615. The number of carbonyl (C=O) groups is 1. The van der Waals surface area contributed by atoms with Crippen molar-refractivity contribution in [2.75, 3.05) is 27.2 Å². The molecule has 1 aliphatic rings. The van der Waals surface area contributed by atoms with Crippen LogP contribution in [0.15, 0.2) is 12.1 Å². The second kappa shape index (κ2) is 5.65. The van der Waals surface area contributed by atoms with Crippen LogP contribution >= 0.6 is 11.3 Å². The molecule has 1 aromatic heterocycles. The highest BCUT2D eigenvalue weighted by Gasteiger charge is 2.14. The van der Waals surface area contributed by atoms with Crippen LogP contribution in [0.25, 0.3) is 0 Å². The van der Waals surface area contributed by atoms with E-state index in [0.29, 0.717) is 0 Å². The van der Waals surface area contributed by atoms with Crippen LogP contribution in [0, 0.1) is 0 Å². The Hall–Kier alpha value is -0.870. The minimum atomic E-state index is 0.111. The molecule has 2 rings (SSSR count). The molecule has 17 heavy (non-hydrogen) atoms. The third kappa shape index (κ3) is 3.30. The van der Waals surface area contributed by atoms with E-state index in [1.165, 1.54) is 37.2 Å². The second-order valence-corrected chi connectivity index (χ2v) is 5.97. The predicted octanol–water partition coefficient (Wildman–Crippen LogP) is 2.44. The van der Waals surface area contributed by atoms with Crippen molar-refractivity contribution >= 4 is 17.2 Å². The summed E-state index contributed by atoms with van der Waals surface area (Å²) in [7, 11) is 3.60. The first-order chi connectivity index (χ1) is 8.16. The van der Waals surface area contributed by atoms with E-state index >= 15 is 0 Å². The fourth-order valence-corrected chi connectivity index (χ4v) is 3.21. The van der Waals surface area contributed by atoms with Gasteiger partial charge in [-0.2, -0.15) is 0 Å². The molecule has 3 nitrogen and oxygen atoms in total. The number of amides is 1. The molecule has 1 amide bonds. The standard InChI is InChI=1S/C13H20N2OS/c1-14(2)13(16)12-7-6-11(17-12)10-15-8-4-3-5-9-15/h6-7H,3-5,8-10H2,1-2H3. The molecule has 4 heteroatoms. The fourth-order valence-electron chi connectivity index (χ4n) is 2.14. The molecule has 0 radical (unpaired) electrons. The van der Waals surface area contributed by atoms with Crippen molar-refractivity contribution in [3.05, 3.63) is 21.9 Å². The van der Waals surface area contributed by atoms with Gasteiger partial charge in [-0.05, 0) is 38.1 Å². The first-order valence-electron chi connectivity index (χ1n) is 6.19. The normalized spacial score (nSPS) is 17.1. The van der Waals surface area contributed by atoms with E-state index in [1.54, 1.807) is 30.3 Å². The third-order valence-electron chi connectivity index (χ3n) is 3.11. The van der Waals surface area contributed by atoms with Gasteiger partial charge in [0.15, 0.2) is 0 Å². The lowest BCUT2D eigenvalue weighted by atomic mass is 10.1. The molecule has 0 N–H and O–H groups in total.